The molecule has 0 saturated heterocycles. The van der Waals surface area contributed by atoms with Crippen LogP contribution >= 0.6 is 0 Å². The van der Waals surface area contributed by atoms with E-state index >= 15 is 0 Å². The maximum absolute atomic E-state index is 14.9. The number of anilines is 1. The lowest BCUT2D eigenvalue weighted by Gasteiger charge is -2.28. The number of carbonyl (C=O) groups excluding carboxylic acids is 2. The highest BCUT2D eigenvalue weighted by Crippen LogP contribution is 2.59. The van der Waals surface area contributed by atoms with E-state index in [-0.39, 0.29) is 47.2 Å². The van der Waals surface area contributed by atoms with E-state index in [1.165, 1.54) is 25.5 Å². The predicted molar refractivity (Wildman–Crippen MR) is 142 cm³/mol. The van der Waals surface area contributed by atoms with Crippen LogP contribution in [0.2, 0.25) is 0 Å². The van der Waals surface area contributed by atoms with Gasteiger partial charge in [-0.2, -0.15) is 0 Å². The summed E-state index contributed by atoms with van der Waals surface area (Å²) in [6.07, 6.45) is 0.680. The number of carbonyl (C=O) groups is 2. The lowest BCUT2D eigenvalue weighted by molar-refractivity contribution is -0.123. The van der Waals surface area contributed by atoms with Gasteiger partial charge in [0.15, 0.2) is 23.4 Å². The topological polar surface area (TPSA) is 155 Å². The Bertz CT molecular complexity index is 1730. The number of oxazole rings is 2. The number of fused-ring (bicyclic) bond motifs is 4. The van der Waals surface area contributed by atoms with Gasteiger partial charge in [-0.3, -0.25) is 4.79 Å². The van der Waals surface area contributed by atoms with Gasteiger partial charge in [-0.05, 0) is 42.2 Å². The predicted octanol–water partition coefficient (Wildman–Crippen LogP) is 3.43. The van der Waals surface area contributed by atoms with Gasteiger partial charge in [0, 0.05) is 16.8 Å². The minimum Gasteiger partial charge on any atom is -0.469 e. The van der Waals surface area contributed by atoms with Crippen molar-refractivity contribution in [1.82, 2.24) is 15.3 Å². The van der Waals surface area contributed by atoms with Gasteiger partial charge in [0.05, 0.1) is 13.2 Å². The molecule has 0 fully saturated rings. The first-order valence-corrected chi connectivity index (χ1v) is 13.2. The number of benzene rings is 2. The van der Waals surface area contributed by atoms with E-state index < -0.39 is 35.5 Å². The first-order valence-electron chi connectivity index (χ1n) is 13.2. The molecule has 12 heteroatoms. The molecule has 2 aromatic carbocycles. The smallest absolute Gasteiger partial charge is 0.360 e. The second kappa shape index (κ2) is 8.90. The Hall–Kier alpha value is -4.71. The van der Waals surface area contributed by atoms with Crippen molar-refractivity contribution in [1.29, 1.82) is 0 Å². The van der Waals surface area contributed by atoms with Crippen molar-refractivity contribution in [2.24, 2.45) is 11.7 Å². The average molecular weight is 560 g/mol. The molecule has 4 aromatic rings. The van der Waals surface area contributed by atoms with E-state index in [1.807, 2.05) is 26.0 Å². The summed E-state index contributed by atoms with van der Waals surface area (Å²) in [6.45, 7) is 3.82. The van der Waals surface area contributed by atoms with E-state index in [0.717, 1.165) is 5.56 Å². The standard InChI is InChI=1S/C29H26FN5O6/c1-12(2)21-26-35-22(25-32-19(11-39-25)27(37)38-3)23(41-26)29-15-10-14(30)5-6-18(15)33-28(29)40-20-7-4-13(8-16(20)29)9-17(31)24(36)34-21/h4-8,10-12,17,21,28,33H,9,31H2,1-3H3,(H,34,36). The van der Waals surface area contributed by atoms with Crippen LogP contribution in [0.15, 0.2) is 51.5 Å². The molecule has 1 amide bonds. The summed E-state index contributed by atoms with van der Waals surface area (Å²) in [5, 5.41) is 6.34. The van der Waals surface area contributed by atoms with E-state index in [1.54, 1.807) is 12.1 Å². The SMILES string of the molecule is COC(=O)c1coc(-c2nc3oc2C24c5cc(F)ccc5NC2Oc2ccc(cc24)CC(N)C(=O)NC3C(C)C)n1. The zero-order valence-electron chi connectivity index (χ0n) is 22.4. The van der Waals surface area contributed by atoms with Gasteiger partial charge in [0.1, 0.15) is 29.3 Å². The molecule has 4 unspecified atom stereocenters. The summed E-state index contributed by atoms with van der Waals surface area (Å²) in [5.41, 5.74) is 7.89. The molecule has 3 aliphatic heterocycles. The molecule has 4 N–H and O–H groups in total. The molecule has 7 rings (SSSR count). The van der Waals surface area contributed by atoms with E-state index in [2.05, 4.69) is 15.6 Å². The highest BCUT2D eigenvalue weighted by Gasteiger charge is 2.61. The number of nitrogens with one attached hydrogen (secondary N) is 2. The van der Waals surface area contributed by atoms with Gasteiger partial charge in [0.2, 0.25) is 17.7 Å². The molecule has 0 radical (unpaired) electrons. The number of halogens is 1. The number of esters is 1. The highest BCUT2D eigenvalue weighted by atomic mass is 19.1. The monoisotopic (exact) mass is 559 g/mol. The summed E-state index contributed by atoms with van der Waals surface area (Å²) >= 11 is 0. The van der Waals surface area contributed by atoms with Crippen molar-refractivity contribution in [3.05, 3.63) is 82.5 Å². The average Bonchev–Trinajstić information content (AvgIpc) is 3.71. The molecule has 4 bridgehead atoms. The number of nitrogens with two attached hydrogens (primary N) is 1. The highest BCUT2D eigenvalue weighted by molar-refractivity contribution is 5.87. The molecular formula is C29H26FN5O6. The molecule has 3 aliphatic rings. The molecule has 5 heterocycles. The minimum absolute atomic E-state index is 0.0154. The second-order valence-electron chi connectivity index (χ2n) is 10.8. The Labute approximate surface area is 233 Å². The van der Waals surface area contributed by atoms with Crippen LogP contribution in [-0.4, -0.2) is 41.2 Å². The van der Waals surface area contributed by atoms with E-state index in [4.69, 9.17) is 29.0 Å². The molecule has 41 heavy (non-hydrogen) atoms. The Kier molecular flexibility index (Phi) is 5.48. The summed E-state index contributed by atoms with van der Waals surface area (Å²) in [4.78, 5) is 34.5. The van der Waals surface area contributed by atoms with Crippen molar-refractivity contribution >= 4 is 17.6 Å². The van der Waals surface area contributed by atoms with Crippen LogP contribution in [0.4, 0.5) is 10.1 Å². The third-order valence-corrected chi connectivity index (χ3v) is 7.93. The van der Waals surface area contributed by atoms with E-state index in [9.17, 15) is 14.0 Å². The van der Waals surface area contributed by atoms with Crippen molar-refractivity contribution < 1.29 is 32.3 Å². The number of rotatable bonds is 3. The Morgan fingerprint density at radius 2 is 2.00 bits per heavy atom. The van der Waals surface area contributed by atoms with Crippen molar-refractivity contribution in [3.63, 3.8) is 0 Å². The van der Waals surface area contributed by atoms with Crippen LogP contribution in [-0.2, 0) is 21.4 Å². The van der Waals surface area contributed by atoms with Gasteiger partial charge in [-0.1, -0.05) is 26.0 Å². The van der Waals surface area contributed by atoms with Crippen molar-refractivity contribution in [2.75, 3.05) is 12.4 Å². The van der Waals surface area contributed by atoms with Crippen LogP contribution in [0, 0.1) is 11.7 Å². The maximum atomic E-state index is 14.9. The number of amides is 1. The summed E-state index contributed by atoms with van der Waals surface area (Å²) in [5.74, 6) is -0.703. The molecule has 1 spiro atoms. The van der Waals surface area contributed by atoms with Gasteiger partial charge in [0.25, 0.3) is 0 Å². The first-order chi connectivity index (χ1) is 19.7. The molecular weight excluding hydrogens is 533 g/mol. The van der Waals surface area contributed by atoms with Crippen LogP contribution in [0.3, 0.4) is 0 Å². The molecule has 11 nitrogen and oxygen atoms in total. The molecule has 210 valence electrons. The molecule has 4 atom stereocenters. The number of nitrogens with zero attached hydrogens (tertiary/aromatic N) is 2. The number of methoxy groups -OCH3 is 1. The van der Waals surface area contributed by atoms with Crippen molar-refractivity contribution in [2.45, 2.75) is 44.0 Å². The second-order valence-corrected chi connectivity index (χ2v) is 10.8. The minimum atomic E-state index is -1.24. The van der Waals surface area contributed by atoms with E-state index in [0.29, 0.717) is 22.6 Å². The van der Waals surface area contributed by atoms with Gasteiger partial charge in [-0.15, -0.1) is 0 Å². The molecule has 0 aliphatic carbocycles. The third-order valence-electron chi connectivity index (χ3n) is 7.93. The summed E-state index contributed by atoms with van der Waals surface area (Å²) in [6, 6.07) is 8.47. The van der Waals surface area contributed by atoms with Crippen LogP contribution < -0.4 is 21.1 Å². The lowest BCUT2D eigenvalue weighted by Crippen LogP contribution is -2.45. The number of hydrogen-bond donors (Lipinski definition) is 3. The zero-order valence-corrected chi connectivity index (χ0v) is 22.4. The Balaban J connectivity index is 1.57. The number of ether oxygens (including phenoxy) is 2. The zero-order chi connectivity index (χ0) is 28.6. The molecule has 2 aromatic heterocycles. The number of aromatic nitrogens is 2. The van der Waals surface area contributed by atoms with Crippen LogP contribution in [0.1, 0.15) is 58.7 Å². The van der Waals surface area contributed by atoms with Gasteiger partial charge < -0.3 is 34.7 Å². The fourth-order valence-electron chi connectivity index (χ4n) is 5.95. The fourth-order valence-corrected chi connectivity index (χ4v) is 5.95. The largest absolute Gasteiger partial charge is 0.469 e. The molecule has 0 saturated carbocycles. The fraction of sp³-hybridized carbons (Fsp3) is 0.310. The van der Waals surface area contributed by atoms with Gasteiger partial charge in [-0.25, -0.2) is 19.2 Å². The van der Waals surface area contributed by atoms with Crippen LogP contribution in [0.25, 0.3) is 11.6 Å². The summed E-state index contributed by atoms with van der Waals surface area (Å²) < 4.78 is 38.5. The lowest BCUT2D eigenvalue weighted by atomic mass is 9.72. The summed E-state index contributed by atoms with van der Waals surface area (Å²) in [7, 11) is 1.24. The van der Waals surface area contributed by atoms with Crippen molar-refractivity contribution in [3.8, 4) is 17.3 Å². The van der Waals surface area contributed by atoms with Crippen LogP contribution in [0.5, 0.6) is 5.75 Å². The maximum Gasteiger partial charge on any atom is 0.360 e. The van der Waals surface area contributed by atoms with Gasteiger partial charge >= 0.3 is 5.97 Å². The Morgan fingerprint density at radius 3 is 2.78 bits per heavy atom. The number of hydrogen-bond acceptors (Lipinski definition) is 10. The normalized spacial score (nSPS) is 24.0. The Morgan fingerprint density at radius 1 is 1.17 bits per heavy atom. The third kappa shape index (κ3) is 3.60. The quantitative estimate of drug-likeness (QED) is 0.318. The first kappa shape index (κ1) is 25.3.